The van der Waals surface area contributed by atoms with E-state index in [1.807, 2.05) is 43.3 Å². The Hall–Kier alpha value is -1.90. The molecular weight excluding hydrogens is 190 g/mol. The average molecular weight is 203 g/mol. The summed E-state index contributed by atoms with van der Waals surface area (Å²) in [4.78, 5) is 0. The molecule has 1 aromatic carbocycles. The third-order valence-corrected chi connectivity index (χ3v) is 2.06. The Morgan fingerprint density at radius 3 is 2.47 bits per heavy atom. The second kappa shape index (κ2) is 4.09. The van der Waals surface area contributed by atoms with E-state index in [1.165, 1.54) is 0 Å². The summed E-state index contributed by atoms with van der Waals surface area (Å²) in [6.45, 7) is 2.35. The minimum Gasteiger partial charge on any atom is -0.486 e. The first-order valence-corrected chi connectivity index (χ1v) is 4.78. The summed E-state index contributed by atoms with van der Waals surface area (Å²) in [6.07, 6.45) is 0. The van der Waals surface area contributed by atoms with E-state index in [0.717, 1.165) is 23.0 Å². The molecule has 0 aliphatic carbocycles. The fraction of sp³-hybridized carbons (Fsp3) is 0.167. The molecule has 0 saturated heterocycles. The Morgan fingerprint density at radius 2 is 1.87 bits per heavy atom. The van der Waals surface area contributed by atoms with E-state index in [2.05, 4.69) is 0 Å². The van der Waals surface area contributed by atoms with Gasteiger partial charge in [-0.25, -0.2) is 0 Å². The number of nitrogens with two attached hydrogens (primary N) is 1. The van der Waals surface area contributed by atoms with Crippen LogP contribution in [0.4, 0.5) is 5.69 Å². The molecule has 0 unspecified atom stereocenters. The van der Waals surface area contributed by atoms with Crippen LogP contribution in [0.1, 0.15) is 11.5 Å². The van der Waals surface area contributed by atoms with Crippen molar-refractivity contribution in [3.63, 3.8) is 0 Å². The third kappa shape index (κ3) is 2.53. The van der Waals surface area contributed by atoms with Gasteiger partial charge in [0.1, 0.15) is 23.9 Å². The highest BCUT2D eigenvalue weighted by Crippen LogP contribution is 2.15. The van der Waals surface area contributed by atoms with Gasteiger partial charge >= 0.3 is 0 Å². The molecule has 0 radical (unpaired) electrons. The Labute approximate surface area is 88.5 Å². The van der Waals surface area contributed by atoms with Crippen molar-refractivity contribution < 1.29 is 9.15 Å². The molecule has 3 heteroatoms. The van der Waals surface area contributed by atoms with Crippen LogP contribution in [0.3, 0.4) is 0 Å². The molecule has 15 heavy (non-hydrogen) atoms. The first kappa shape index (κ1) is 9.65. The maximum atomic E-state index is 5.56. The third-order valence-electron chi connectivity index (χ3n) is 2.06. The molecule has 3 nitrogen and oxygen atoms in total. The van der Waals surface area contributed by atoms with Crippen LogP contribution in [-0.4, -0.2) is 0 Å². The maximum absolute atomic E-state index is 5.56. The first-order chi connectivity index (χ1) is 7.24. The zero-order valence-corrected chi connectivity index (χ0v) is 8.57. The number of ether oxygens (including phenoxy) is 1. The minimum atomic E-state index is 0.442. The zero-order valence-electron chi connectivity index (χ0n) is 8.57. The van der Waals surface area contributed by atoms with Gasteiger partial charge in [0.05, 0.1) is 0 Å². The van der Waals surface area contributed by atoms with E-state index in [4.69, 9.17) is 14.9 Å². The van der Waals surface area contributed by atoms with Crippen LogP contribution < -0.4 is 10.5 Å². The number of rotatable bonds is 3. The second-order valence-corrected chi connectivity index (χ2v) is 3.37. The van der Waals surface area contributed by atoms with Crippen molar-refractivity contribution in [1.82, 2.24) is 0 Å². The van der Waals surface area contributed by atoms with Gasteiger partial charge in [-0.2, -0.15) is 0 Å². The van der Waals surface area contributed by atoms with Crippen LogP contribution in [0, 0.1) is 6.92 Å². The SMILES string of the molecule is Cc1ccc(COc2ccc(N)cc2)o1. The number of nitrogen functional groups attached to an aromatic ring is 1. The van der Waals surface area contributed by atoms with Crippen molar-refractivity contribution in [2.75, 3.05) is 5.73 Å². The lowest BCUT2D eigenvalue weighted by atomic mass is 10.3. The normalized spacial score (nSPS) is 10.2. The Bertz CT molecular complexity index is 431. The molecule has 0 atom stereocenters. The number of hydrogen-bond donors (Lipinski definition) is 1. The van der Waals surface area contributed by atoms with Gasteiger partial charge in [0.25, 0.3) is 0 Å². The molecule has 0 spiro atoms. The van der Waals surface area contributed by atoms with E-state index in [9.17, 15) is 0 Å². The summed E-state index contributed by atoms with van der Waals surface area (Å²) >= 11 is 0. The van der Waals surface area contributed by atoms with Gasteiger partial charge < -0.3 is 14.9 Å². The zero-order chi connectivity index (χ0) is 10.7. The predicted octanol–water partition coefficient (Wildman–Crippen LogP) is 2.75. The van der Waals surface area contributed by atoms with Gasteiger partial charge in [-0.1, -0.05) is 0 Å². The van der Waals surface area contributed by atoms with Crippen LogP contribution in [0.5, 0.6) is 5.75 Å². The largest absolute Gasteiger partial charge is 0.486 e. The standard InChI is InChI=1S/C12H13NO2/c1-9-2-5-12(15-9)8-14-11-6-3-10(13)4-7-11/h2-7H,8,13H2,1H3. The Kier molecular flexibility index (Phi) is 2.63. The van der Waals surface area contributed by atoms with Crippen LogP contribution >= 0.6 is 0 Å². The van der Waals surface area contributed by atoms with Crippen molar-refractivity contribution in [1.29, 1.82) is 0 Å². The van der Waals surface area contributed by atoms with Gasteiger partial charge in [0, 0.05) is 5.69 Å². The fourth-order valence-corrected chi connectivity index (χ4v) is 1.28. The molecule has 0 saturated carbocycles. The highest BCUT2D eigenvalue weighted by molar-refractivity contribution is 5.41. The molecule has 0 bridgehead atoms. The predicted molar refractivity (Wildman–Crippen MR) is 58.6 cm³/mol. The van der Waals surface area contributed by atoms with Crippen molar-refractivity contribution in [2.24, 2.45) is 0 Å². The van der Waals surface area contributed by atoms with Crippen LogP contribution in [-0.2, 0) is 6.61 Å². The number of benzene rings is 1. The molecule has 0 amide bonds. The molecule has 2 N–H and O–H groups in total. The maximum Gasteiger partial charge on any atom is 0.146 e. The fourth-order valence-electron chi connectivity index (χ4n) is 1.28. The minimum absolute atomic E-state index is 0.442. The summed E-state index contributed by atoms with van der Waals surface area (Å²) in [5.74, 6) is 2.51. The molecular formula is C12H13NO2. The topological polar surface area (TPSA) is 48.4 Å². The van der Waals surface area contributed by atoms with Crippen LogP contribution in [0.25, 0.3) is 0 Å². The summed E-state index contributed by atoms with van der Waals surface area (Å²) < 4.78 is 10.9. The molecule has 78 valence electrons. The smallest absolute Gasteiger partial charge is 0.146 e. The summed E-state index contributed by atoms with van der Waals surface area (Å²) in [5.41, 5.74) is 6.30. The molecule has 0 aliphatic heterocycles. The average Bonchev–Trinajstić information content (AvgIpc) is 2.64. The van der Waals surface area contributed by atoms with Crippen molar-refractivity contribution >= 4 is 5.69 Å². The molecule has 2 aromatic rings. The van der Waals surface area contributed by atoms with E-state index in [0.29, 0.717) is 6.61 Å². The molecule has 2 rings (SSSR count). The Balaban J connectivity index is 1.96. The van der Waals surface area contributed by atoms with Gasteiger partial charge in [-0.15, -0.1) is 0 Å². The van der Waals surface area contributed by atoms with E-state index >= 15 is 0 Å². The second-order valence-electron chi connectivity index (χ2n) is 3.37. The lowest BCUT2D eigenvalue weighted by Gasteiger charge is -2.03. The monoisotopic (exact) mass is 203 g/mol. The Morgan fingerprint density at radius 1 is 1.13 bits per heavy atom. The quantitative estimate of drug-likeness (QED) is 0.780. The highest BCUT2D eigenvalue weighted by Gasteiger charge is 1.99. The van der Waals surface area contributed by atoms with Crippen molar-refractivity contribution in [3.8, 4) is 5.75 Å². The lowest BCUT2D eigenvalue weighted by molar-refractivity contribution is 0.267. The van der Waals surface area contributed by atoms with E-state index < -0.39 is 0 Å². The number of furan rings is 1. The van der Waals surface area contributed by atoms with Gasteiger partial charge in [0.2, 0.25) is 0 Å². The number of hydrogen-bond acceptors (Lipinski definition) is 3. The molecule has 1 heterocycles. The van der Waals surface area contributed by atoms with Crippen molar-refractivity contribution in [2.45, 2.75) is 13.5 Å². The molecule has 1 aromatic heterocycles. The van der Waals surface area contributed by atoms with Gasteiger partial charge in [-0.3, -0.25) is 0 Å². The molecule has 0 fully saturated rings. The number of anilines is 1. The summed E-state index contributed by atoms with van der Waals surface area (Å²) in [6, 6.07) is 11.1. The molecule has 0 aliphatic rings. The summed E-state index contributed by atoms with van der Waals surface area (Å²) in [5, 5.41) is 0. The van der Waals surface area contributed by atoms with Crippen LogP contribution in [0.2, 0.25) is 0 Å². The highest BCUT2D eigenvalue weighted by atomic mass is 16.5. The van der Waals surface area contributed by atoms with Crippen molar-refractivity contribution in [3.05, 3.63) is 47.9 Å². The van der Waals surface area contributed by atoms with E-state index in [-0.39, 0.29) is 0 Å². The number of aryl methyl sites for hydroxylation is 1. The first-order valence-electron chi connectivity index (χ1n) is 4.78. The summed E-state index contributed by atoms with van der Waals surface area (Å²) in [7, 11) is 0. The van der Waals surface area contributed by atoms with Gasteiger partial charge in [0.15, 0.2) is 0 Å². The van der Waals surface area contributed by atoms with Crippen LogP contribution in [0.15, 0.2) is 40.8 Å². The lowest BCUT2D eigenvalue weighted by Crippen LogP contribution is -1.93. The van der Waals surface area contributed by atoms with Gasteiger partial charge in [-0.05, 0) is 43.3 Å². The van der Waals surface area contributed by atoms with E-state index in [1.54, 1.807) is 0 Å².